The molecule has 0 aromatic carbocycles. The fourth-order valence-electron chi connectivity index (χ4n) is 2.66. The highest BCUT2D eigenvalue weighted by Crippen LogP contribution is 2.43. The van der Waals surface area contributed by atoms with Crippen molar-refractivity contribution < 1.29 is 9.31 Å². The van der Waals surface area contributed by atoms with Gasteiger partial charge in [0.05, 0.1) is 11.2 Å². The largest absolute Gasteiger partial charge is 0.461 e. The maximum absolute atomic E-state index is 6.14. The second-order valence-electron chi connectivity index (χ2n) is 6.38. The van der Waals surface area contributed by atoms with Crippen LogP contribution in [0.25, 0.3) is 0 Å². The van der Waals surface area contributed by atoms with Crippen molar-refractivity contribution in [3.8, 4) is 0 Å². The first kappa shape index (κ1) is 16.0. The molecule has 0 aromatic rings. The maximum atomic E-state index is 6.14. The molecule has 2 rings (SSSR count). The Hall–Kier alpha value is -0.0151. The predicted molar refractivity (Wildman–Crippen MR) is 78.9 cm³/mol. The SMILES string of the molecule is CC.CC1(C)OB(C2CCCCCC2)OC1(C)C. The van der Waals surface area contributed by atoms with E-state index in [9.17, 15) is 0 Å². The van der Waals surface area contributed by atoms with Gasteiger partial charge in [-0.3, -0.25) is 0 Å². The van der Waals surface area contributed by atoms with Gasteiger partial charge in [0.15, 0.2) is 0 Å². The molecule has 2 fully saturated rings. The number of rotatable bonds is 1. The van der Waals surface area contributed by atoms with Crippen molar-refractivity contribution in [2.75, 3.05) is 0 Å². The van der Waals surface area contributed by atoms with Crippen LogP contribution < -0.4 is 0 Å². The van der Waals surface area contributed by atoms with Gasteiger partial charge < -0.3 is 9.31 Å². The van der Waals surface area contributed by atoms with Crippen LogP contribution >= 0.6 is 0 Å². The zero-order valence-corrected chi connectivity index (χ0v) is 13.2. The van der Waals surface area contributed by atoms with E-state index in [1.54, 1.807) is 0 Å². The molecule has 0 amide bonds. The van der Waals surface area contributed by atoms with Crippen LogP contribution in [0.2, 0.25) is 5.82 Å². The van der Waals surface area contributed by atoms with E-state index in [4.69, 9.17) is 9.31 Å². The minimum Gasteiger partial charge on any atom is -0.403 e. The average molecular weight is 254 g/mol. The lowest BCUT2D eigenvalue weighted by molar-refractivity contribution is 0.00578. The molecule has 1 saturated carbocycles. The van der Waals surface area contributed by atoms with E-state index in [1.165, 1.54) is 38.5 Å². The van der Waals surface area contributed by atoms with Crippen LogP contribution in [0, 0.1) is 0 Å². The van der Waals surface area contributed by atoms with Gasteiger partial charge in [0.25, 0.3) is 0 Å². The lowest BCUT2D eigenvalue weighted by Crippen LogP contribution is -2.41. The number of hydrogen-bond donors (Lipinski definition) is 0. The molecule has 1 saturated heterocycles. The standard InChI is InChI=1S/C13H25BO2.C2H6/c1-12(2)13(3,4)16-14(15-12)11-9-7-5-6-8-10-11;1-2/h11H,5-10H2,1-4H3;1-2H3. The van der Waals surface area contributed by atoms with Crippen LogP contribution in [0.4, 0.5) is 0 Å². The molecule has 2 nitrogen and oxygen atoms in total. The fraction of sp³-hybridized carbons (Fsp3) is 1.00. The smallest absolute Gasteiger partial charge is 0.403 e. The van der Waals surface area contributed by atoms with Crippen molar-refractivity contribution in [1.29, 1.82) is 0 Å². The van der Waals surface area contributed by atoms with E-state index in [0.717, 1.165) is 0 Å². The van der Waals surface area contributed by atoms with Crippen LogP contribution in [0.1, 0.15) is 80.1 Å². The Bertz CT molecular complexity index is 227. The van der Waals surface area contributed by atoms with Gasteiger partial charge in [0.2, 0.25) is 0 Å². The van der Waals surface area contributed by atoms with Gasteiger partial charge in [-0.1, -0.05) is 52.4 Å². The van der Waals surface area contributed by atoms with Crippen molar-refractivity contribution in [3.63, 3.8) is 0 Å². The van der Waals surface area contributed by atoms with Crippen LogP contribution in [-0.2, 0) is 9.31 Å². The summed E-state index contributed by atoms with van der Waals surface area (Å²) in [5, 5.41) is 0. The summed E-state index contributed by atoms with van der Waals surface area (Å²) in [4.78, 5) is 0. The van der Waals surface area contributed by atoms with Crippen LogP contribution in [0.3, 0.4) is 0 Å². The Morgan fingerprint density at radius 2 is 1.17 bits per heavy atom. The Morgan fingerprint density at radius 1 is 0.778 bits per heavy atom. The topological polar surface area (TPSA) is 18.5 Å². The molecule has 0 radical (unpaired) electrons. The summed E-state index contributed by atoms with van der Waals surface area (Å²) in [6.45, 7) is 12.6. The molecule has 1 heterocycles. The Kier molecular flexibility index (Phi) is 5.73. The fourth-order valence-corrected chi connectivity index (χ4v) is 2.66. The molecule has 0 N–H and O–H groups in total. The average Bonchev–Trinajstić information content (AvgIpc) is 2.54. The van der Waals surface area contributed by atoms with Gasteiger partial charge in [-0.15, -0.1) is 0 Å². The van der Waals surface area contributed by atoms with Crippen molar-refractivity contribution in [3.05, 3.63) is 0 Å². The number of hydrogen-bond acceptors (Lipinski definition) is 2. The lowest BCUT2D eigenvalue weighted by atomic mass is 9.68. The summed E-state index contributed by atoms with van der Waals surface area (Å²) in [5.41, 5.74) is -0.325. The molecule has 3 heteroatoms. The van der Waals surface area contributed by atoms with Gasteiger partial charge in [-0.2, -0.15) is 0 Å². The highest BCUT2D eigenvalue weighted by Gasteiger charge is 2.53. The molecular weight excluding hydrogens is 223 g/mol. The van der Waals surface area contributed by atoms with Gasteiger partial charge in [-0.25, -0.2) is 0 Å². The molecule has 0 aromatic heterocycles. The minimum absolute atomic E-state index is 0.0306. The Balaban J connectivity index is 0.000000771. The third-order valence-electron chi connectivity index (χ3n) is 4.56. The quantitative estimate of drug-likeness (QED) is 0.493. The summed E-state index contributed by atoms with van der Waals surface area (Å²) in [7, 11) is 0.0306. The first-order chi connectivity index (χ1) is 8.42. The molecule has 0 bridgehead atoms. The van der Waals surface area contributed by atoms with E-state index in [2.05, 4.69) is 27.7 Å². The minimum atomic E-state index is -0.163. The molecule has 18 heavy (non-hydrogen) atoms. The summed E-state index contributed by atoms with van der Waals surface area (Å²) in [5.74, 6) is 0.614. The first-order valence-electron chi connectivity index (χ1n) is 7.78. The molecule has 0 unspecified atom stereocenters. The first-order valence-corrected chi connectivity index (χ1v) is 7.78. The molecule has 1 aliphatic carbocycles. The van der Waals surface area contributed by atoms with E-state index < -0.39 is 0 Å². The summed E-state index contributed by atoms with van der Waals surface area (Å²) < 4.78 is 12.3. The van der Waals surface area contributed by atoms with E-state index in [0.29, 0.717) is 5.82 Å². The summed E-state index contributed by atoms with van der Waals surface area (Å²) in [6.07, 6.45) is 8.00. The molecule has 1 aliphatic heterocycles. The Labute approximate surface area is 114 Å². The van der Waals surface area contributed by atoms with Gasteiger partial charge in [0, 0.05) is 0 Å². The maximum Gasteiger partial charge on any atom is 0.461 e. The second-order valence-corrected chi connectivity index (χ2v) is 6.38. The third-order valence-corrected chi connectivity index (χ3v) is 4.56. The van der Waals surface area contributed by atoms with Crippen LogP contribution in [-0.4, -0.2) is 18.3 Å². The van der Waals surface area contributed by atoms with E-state index in [1.807, 2.05) is 13.8 Å². The highest BCUT2D eigenvalue weighted by atomic mass is 16.7. The van der Waals surface area contributed by atoms with Gasteiger partial charge in [-0.05, 0) is 33.5 Å². The van der Waals surface area contributed by atoms with Gasteiger partial charge >= 0.3 is 7.12 Å². The van der Waals surface area contributed by atoms with Crippen molar-refractivity contribution in [1.82, 2.24) is 0 Å². The van der Waals surface area contributed by atoms with Crippen LogP contribution in [0.5, 0.6) is 0 Å². The third kappa shape index (κ3) is 3.51. The molecule has 0 atom stereocenters. The monoisotopic (exact) mass is 254 g/mol. The zero-order valence-electron chi connectivity index (χ0n) is 13.2. The second kappa shape index (κ2) is 6.43. The summed E-state index contributed by atoms with van der Waals surface area (Å²) >= 11 is 0. The molecule has 2 aliphatic rings. The zero-order chi connectivity index (χ0) is 13.8. The van der Waals surface area contributed by atoms with E-state index in [-0.39, 0.29) is 18.3 Å². The highest BCUT2D eigenvalue weighted by molar-refractivity contribution is 6.47. The Morgan fingerprint density at radius 3 is 1.56 bits per heavy atom. The van der Waals surface area contributed by atoms with E-state index >= 15 is 0 Å². The molecule has 106 valence electrons. The normalized spacial score (nSPS) is 27.3. The van der Waals surface area contributed by atoms with Crippen LogP contribution in [0.15, 0.2) is 0 Å². The molecule has 0 spiro atoms. The van der Waals surface area contributed by atoms with Crippen molar-refractivity contribution in [2.45, 2.75) is 97.1 Å². The lowest BCUT2D eigenvalue weighted by Gasteiger charge is -2.32. The summed E-state index contributed by atoms with van der Waals surface area (Å²) in [6, 6.07) is 0. The molecular formula is C15H31BO2. The van der Waals surface area contributed by atoms with Gasteiger partial charge in [0.1, 0.15) is 0 Å². The van der Waals surface area contributed by atoms with Crippen molar-refractivity contribution >= 4 is 7.12 Å². The van der Waals surface area contributed by atoms with Crippen molar-refractivity contribution in [2.24, 2.45) is 0 Å². The predicted octanol–water partition coefficient (Wildman–Crippen LogP) is 4.83.